The second-order valence-electron chi connectivity index (χ2n) is 4.49. The molecule has 0 aromatic carbocycles. The van der Waals surface area contributed by atoms with Crippen LogP contribution in [0.1, 0.15) is 34.1 Å². The zero-order valence-electron chi connectivity index (χ0n) is 9.68. The Hall–Kier alpha value is -0.610. The molecule has 0 aromatic rings. The fourth-order valence-corrected chi connectivity index (χ4v) is 1.22. The van der Waals surface area contributed by atoms with E-state index in [0.29, 0.717) is 13.0 Å². The molecule has 0 rings (SSSR count). The topological polar surface area (TPSA) is 67.1 Å². The van der Waals surface area contributed by atoms with Gasteiger partial charge in [-0.3, -0.25) is 4.79 Å². The van der Waals surface area contributed by atoms with Gasteiger partial charge in [0.15, 0.2) is 0 Å². The van der Waals surface area contributed by atoms with Gasteiger partial charge >= 0.3 is 0 Å². The molecule has 0 aliphatic rings. The van der Waals surface area contributed by atoms with E-state index in [9.17, 15) is 4.79 Å². The number of nitrogens with one attached hydrogen (secondary N) is 2. The SMILES string of the molecule is CCNC(CN)CC(=O)NC(C)(C)C. The number of likely N-dealkylation sites (N-methyl/N-ethyl adjacent to an activating group) is 1. The Labute approximate surface area is 86.6 Å². The van der Waals surface area contributed by atoms with E-state index >= 15 is 0 Å². The van der Waals surface area contributed by atoms with Crippen molar-refractivity contribution in [3.63, 3.8) is 0 Å². The summed E-state index contributed by atoms with van der Waals surface area (Å²) in [6.07, 6.45) is 0.446. The Bertz CT molecular complexity index is 175. The second kappa shape index (κ2) is 5.98. The lowest BCUT2D eigenvalue weighted by Crippen LogP contribution is -2.45. The lowest BCUT2D eigenvalue weighted by atomic mass is 10.1. The van der Waals surface area contributed by atoms with Crippen molar-refractivity contribution in [2.75, 3.05) is 13.1 Å². The van der Waals surface area contributed by atoms with Crippen molar-refractivity contribution < 1.29 is 4.79 Å². The zero-order valence-corrected chi connectivity index (χ0v) is 9.68. The first-order valence-corrected chi connectivity index (χ1v) is 5.13. The van der Waals surface area contributed by atoms with Crippen LogP contribution in [0.25, 0.3) is 0 Å². The molecule has 4 N–H and O–H groups in total. The molecule has 0 radical (unpaired) electrons. The number of hydrogen-bond donors (Lipinski definition) is 3. The highest BCUT2D eigenvalue weighted by molar-refractivity contribution is 5.77. The van der Waals surface area contributed by atoms with Crippen molar-refractivity contribution in [3.8, 4) is 0 Å². The van der Waals surface area contributed by atoms with Gasteiger partial charge in [0, 0.05) is 24.5 Å². The van der Waals surface area contributed by atoms with Crippen LogP contribution in [0.4, 0.5) is 0 Å². The molecule has 14 heavy (non-hydrogen) atoms. The number of rotatable bonds is 5. The van der Waals surface area contributed by atoms with Crippen LogP contribution in [0.2, 0.25) is 0 Å². The first kappa shape index (κ1) is 13.4. The molecule has 0 aromatic heterocycles. The van der Waals surface area contributed by atoms with E-state index in [1.165, 1.54) is 0 Å². The summed E-state index contributed by atoms with van der Waals surface area (Å²) in [5, 5.41) is 6.07. The highest BCUT2D eigenvalue weighted by Crippen LogP contribution is 2.00. The van der Waals surface area contributed by atoms with Crippen molar-refractivity contribution in [3.05, 3.63) is 0 Å². The number of carbonyl (C=O) groups is 1. The maximum Gasteiger partial charge on any atom is 0.222 e. The third-order valence-electron chi connectivity index (χ3n) is 1.72. The molecule has 0 saturated heterocycles. The lowest BCUT2D eigenvalue weighted by molar-refractivity contribution is -0.122. The van der Waals surface area contributed by atoms with Crippen LogP contribution in [0, 0.1) is 0 Å². The summed E-state index contributed by atoms with van der Waals surface area (Å²) in [5.41, 5.74) is 5.36. The fraction of sp³-hybridized carbons (Fsp3) is 0.900. The molecule has 0 spiro atoms. The van der Waals surface area contributed by atoms with Gasteiger partial charge in [0.2, 0.25) is 5.91 Å². The summed E-state index contributed by atoms with van der Waals surface area (Å²) >= 11 is 0. The maximum atomic E-state index is 11.5. The Morgan fingerprint density at radius 1 is 1.43 bits per heavy atom. The monoisotopic (exact) mass is 201 g/mol. The first-order valence-electron chi connectivity index (χ1n) is 5.13. The van der Waals surface area contributed by atoms with Crippen LogP contribution in [0.5, 0.6) is 0 Å². The van der Waals surface area contributed by atoms with Gasteiger partial charge in [0.25, 0.3) is 0 Å². The largest absolute Gasteiger partial charge is 0.351 e. The van der Waals surface area contributed by atoms with Crippen molar-refractivity contribution in [1.29, 1.82) is 0 Å². The van der Waals surface area contributed by atoms with E-state index in [-0.39, 0.29) is 17.5 Å². The van der Waals surface area contributed by atoms with Crippen LogP contribution in [-0.2, 0) is 4.79 Å². The smallest absolute Gasteiger partial charge is 0.222 e. The number of hydrogen-bond acceptors (Lipinski definition) is 3. The molecule has 0 aliphatic carbocycles. The van der Waals surface area contributed by atoms with Crippen molar-refractivity contribution in [2.45, 2.75) is 45.7 Å². The number of carbonyl (C=O) groups excluding carboxylic acids is 1. The first-order chi connectivity index (χ1) is 6.39. The minimum atomic E-state index is -0.164. The summed E-state index contributed by atoms with van der Waals surface area (Å²) in [7, 11) is 0. The second-order valence-corrected chi connectivity index (χ2v) is 4.49. The molecule has 0 aliphatic heterocycles. The zero-order chi connectivity index (χ0) is 11.2. The molecule has 1 unspecified atom stereocenters. The molecule has 0 heterocycles. The summed E-state index contributed by atoms with van der Waals surface area (Å²) in [5.74, 6) is 0.0499. The fourth-order valence-electron chi connectivity index (χ4n) is 1.22. The van der Waals surface area contributed by atoms with Crippen LogP contribution in [0.3, 0.4) is 0 Å². The summed E-state index contributed by atoms with van der Waals surface area (Å²) < 4.78 is 0. The molecule has 0 saturated carbocycles. The summed E-state index contributed by atoms with van der Waals surface area (Å²) in [6, 6.07) is 0.0855. The van der Waals surface area contributed by atoms with Crippen LogP contribution < -0.4 is 16.4 Å². The van der Waals surface area contributed by atoms with Gasteiger partial charge in [-0.2, -0.15) is 0 Å². The van der Waals surface area contributed by atoms with Crippen molar-refractivity contribution in [1.82, 2.24) is 10.6 Å². The average Bonchev–Trinajstić information content (AvgIpc) is 2.00. The van der Waals surface area contributed by atoms with E-state index in [4.69, 9.17) is 5.73 Å². The third-order valence-corrected chi connectivity index (χ3v) is 1.72. The minimum Gasteiger partial charge on any atom is -0.351 e. The van der Waals surface area contributed by atoms with Crippen LogP contribution in [-0.4, -0.2) is 30.6 Å². The molecular formula is C10H23N3O. The molecule has 0 fully saturated rings. The van der Waals surface area contributed by atoms with Gasteiger partial charge in [-0.05, 0) is 27.3 Å². The van der Waals surface area contributed by atoms with E-state index in [2.05, 4.69) is 10.6 Å². The maximum absolute atomic E-state index is 11.5. The molecule has 0 bridgehead atoms. The van der Waals surface area contributed by atoms with Gasteiger partial charge in [-0.25, -0.2) is 0 Å². The number of amides is 1. The average molecular weight is 201 g/mol. The van der Waals surface area contributed by atoms with Gasteiger partial charge in [-0.15, -0.1) is 0 Å². The van der Waals surface area contributed by atoms with Crippen LogP contribution >= 0.6 is 0 Å². The molecule has 1 amide bonds. The quantitative estimate of drug-likeness (QED) is 0.596. The predicted octanol–water partition coefficient (Wildman–Crippen LogP) is 0.228. The predicted molar refractivity (Wildman–Crippen MR) is 59.0 cm³/mol. The Kier molecular flexibility index (Phi) is 5.72. The van der Waals surface area contributed by atoms with Gasteiger partial charge in [0.05, 0.1) is 0 Å². The van der Waals surface area contributed by atoms with E-state index in [1.54, 1.807) is 0 Å². The molecule has 1 atom stereocenters. The molecule has 4 nitrogen and oxygen atoms in total. The Balaban J connectivity index is 3.91. The summed E-state index contributed by atoms with van der Waals surface area (Å²) in [6.45, 7) is 9.24. The molecular weight excluding hydrogens is 178 g/mol. The minimum absolute atomic E-state index is 0.0499. The molecule has 4 heteroatoms. The van der Waals surface area contributed by atoms with Gasteiger partial charge in [0.1, 0.15) is 0 Å². The highest BCUT2D eigenvalue weighted by Gasteiger charge is 2.16. The van der Waals surface area contributed by atoms with E-state index < -0.39 is 0 Å². The van der Waals surface area contributed by atoms with Crippen LogP contribution in [0.15, 0.2) is 0 Å². The van der Waals surface area contributed by atoms with Gasteiger partial charge < -0.3 is 16.4 Å². The molecule has 84 valence electrons. The van der Waals surface area contributed by atoms with Crippen molar-refractivity contribution in [2.24, 2.45) is 5.73 Å². The lowest BCUT2D eigenvalue weighted by Gasteiger charge is -2.22. The normalized spacial score (nSPS) is 13.8. The van der Waals surface area contributed by atoms with E-state index in [1.807, 2.05) is 27.7 Å². The standard InChI is InChI=1S/C10H23N3O/c1-5-12-8(7-11)6-9(14)13-10(2,3)4/h8,12H,5-7,11H2,1-4H3,(H,13,14). The Morgan fingerprint density at radius 3 is 2.36 bits per heavy atom. The highest BCUT2D eigenvalue weighted by atomic mass is 16.1. The Morgan fingerprint density at radius 2 is 2.00 bits per heavy atom. The van der Waals surface area contributed by atoms with Gasteiger partial charge in [-0.1, -0.05) is 6.92 Å². The summed E-state index contributed by atoms with van der Waals surface area (Å²) in [4.78, 5) is 11.5. The number of nitrogens with two attached hydrogens (primary N) is 1. The van der Waals surface area contributed by atoms with Crippen molar-refractivity contribution >= 4 is 5.91 Å². The van der Waals surface area contributed by atoms with E-state index in [0.717, 1.165) is 6.54 Å². The third kappa shape index (κ3) is 6.86.